The number of nitrogens with zero attached hydrogens (tertiary/aromatic N) is 5. The van der Waals surface area contributed by atoms with Gasteiger partial charge in [0.1, 0.15) is 23.8 Å². The van der Waals surface area contributed by atoms with Gasteiger partial charge in [-0.15, -0.1) is 0 Å². The first-order chi connectivity index (χ1) is 14.4. The first kappa shape index (κ1) is 19.4. The number of nitrogens with one attached hydrogen (secondary N) is 2. The number of aromatic nitrogens is 4. The van der Waals surface area contributed by atoms with Gasteiger partial charge in [-0.2, -0.15) is 5.26 Å². The lowest BCUT2D eigenvalue weighted by molar-refractivity contribution is 0.420. The predicted octanol–water partition coefficient (Wildman–Crippen LogP) is 2.49. The monoisotopic (exact) mass is 423 g/mol. The SMILES string of the molecule is CN(c1ncccc1CNc1c(C#N)cnc2[nH]c(-c3cnoc3)cc12)S(C)(=O)=O. The van der Waals surface area contributed by atoms with E-state index in [0.717, 1.165) is 21.8 Å². The van der Waals surface area contributed by atoms with Gasteiger partial charge in [-0.3, -0.25) is 4.31 Å². The Bertz CT molecular complexity index is 1350. The summed E-state index contributed by atoms with van der Waals surface area (Å²) < 4.78 is 29.9. The average molecular weight is 423 g/mol. The molecule has 152 valence electrons. The number of fused-ring (bicyclic) bond motifs is 1. The van der Waals surface area contributed by atoms with Crippen LogP contribution in [0.25, 0.3) is 22.3 Å². The summed E-state index contributed by atoms with van der Waals surface area (Å²) in [5.41, 5.74) is 3.69. The lowest BCUT2D eigenvalue weighted by atomic mass is 10.1. The van der Waals surface area contributed by atoms with E-state index < -0.39 is 10.0 Å². The second kappa shape index (κ2) is 7.49. The molecule has 4 heterocycles. The van der Waals surface area contributed by atoms with Gasteiger partial charge < -0.3 is 14.8 Å². The van der Waals surface area contributed by atoms with E-state index in [4.69, 9.17) is 4.52 Å². The van der Waals surface area contributed by atoms with Crippen LogP contribution in [-0.2, 0) is 16.6 Å². The van der Waals surface area contributed by atoms with Crippen LogP contribution in [-0.4, -0.2) is 41.8 Å². The highest BCUT2D eigenvalue weighted by molar-refractivity contribution is 7.92. The van der Waals surface area contributed by atoms with Crippen molar-refractivity contribution in [2.45, 2.75) is 6.54 Å². The van der Waals surface area contributed by atoms with Gasteiger partial charge in [0.2, 0.25) is 10.0 Å². The molecule has 11 heteroatoms. The fourth-order valence-corrected chi connectivity index (χ4v) is 3.51. The van der Waals surface area contributed by atoms with Crippen molar-refractivity contribution in [1.29, 1.82) is 5.26 Å². The van der Waals surface area contributed by atoms with Crippen LogP contribution in [0, 0.1) is 11.3 Å². The summed E-state index contributed by atoms with van der Waals surface area (Å²) in [6.07, 6.45) is 7.21. The van der Waals surface area contributed by atoms with Crippen LogP contribution in [0.15, 0.2) is 47.6 Å². The topological polar surface area (TPSA) is 141 Å². The molecule has 4 aromatic rings. The quantitative estimate of drug-likeness (QED) is 0.482. The molecule has 0 saturated carbocycles. The van der Waals surface area contributed by atoms with Crippen LogP contribution in [0.5, 0.6) is 0 Å². The van der Waals surface area contributed by atoms with E-state index in [1.165, 1.54) is 25.7 Å². The van der Waals surface area contributed by atoms with Crippen molar-refractivity contribution in [1.82, 2.24) is 20.1 Å². The largest absolute Gasteiger partial charge is 0.379 e. The number of hydrogen-bond acceptors (Lipinski definition) is 8. The van der Waals surface area contributed by atoms with Crippen molar-refractivity contribution >= 4 is 32.6 Å². The van der Waals surface area contributed by atoms with Crippen LogP contribution in [0.3, 0.4) is 0 Å². The smallest absolute Gasteiger partial charge is 0.233 e. The van der Waals surface area contributed by atoms with Crippen LogP contribution in [0.1, 0.15) is 11.1 Å². The number of rotatable bonds is 6. The zero-order valence-electron chi connectivity index (χ0n) is 16.1. The van der Waals surface area contributed by atoms with E-state index in [1.807, 2.05) is 6.07 Å². The number of hydrogen-bond donors (Lipinski definition) is 2. The van der Waals surface area contributed by atoms with E-state index in [0.29, 0.717) is 33.7 Å². The normalized spacial score (nSPS) is 11.4. The molecule has 0 atom stereocenters. The molecule has 0 fully saturated rings. The first-order valence-electron chi connectivity index (χ1n) is 8.81. The Morgan fingerprint density at radius 1 is 1.33 bits per heavy atom. The van der Waals surface area contributed by atoms with E-state index >= 15 is 0 Å². The molecule has 0 aliphatic rings. The zero-order valence-corrected chi connectivity index (χ0v) is 16.9. The first-order valence-corrected chi connectivity index (χ1v) is 10.7. The fraction of sp³-hybridized carbons (Fsp3) is 0.158. The van der Waals surface area contributed by atoms with Crippen LogP contribution in [0.2, 0.25) is 0 Å². The molecule has 0 radical (unpaired) electrons. The number of aromatic amines is 1. The molecule has 4 rings (SSSR count). The third-order valence-corrected chi connectivity index (χ3v) is 5.81. The molecule has 30 heavy (non-hydrogen) atoms. The minimum atomic E-state index is -3.47. The van der Waals surface area contributed by atoms with E-state index in [1.54, 1.807) is 18.3 Å². The van der Waals surface area contributed by atoms with E-state index in [9.17, 15) is 13.7 Å². The Morgan fingerprint density at radius 2 is 2.17 bits per heavy atom. The van der Waals surface area contributed by atoms with Crippen LogP contribution >= 0.6 is 0 Å². The maximum atomic E-state index is 11.9. The predicted molar refractivity (Wildman–Crippen MR) is 111 cm³/mol. The van der Waals surface area contributed by atoms with Crippen molar-refractivity contribution in [3.05, 3.63) is 54.2 Å². The maximum absolute atomic E-state index is 11.9. The van der Waals surface area contributed by atoms with Gasteiger partial charge >= 0.3 is 0 Å². The summed E-state index contributed by atoms with van der Waals surface area (Å²) >= 11 is 0. The van der Waals surface area contributed by atoms with Crippen molar-refractivity contribution < 1.29 is 12.9 Å². The molecule has 0 amide bonds. The number of nitriles is 1. The highest BCUT2D eigenvalue weighted by Crippen LogP contribution is 2.31. The summed E-state index contributed by atoms with van der Waals surface area (Å²) in [4.78, 5) is 11.7. The third-order valence-electron chi connectivity index (χ3n) is 4.64. The minimum absolute atomic E-state index is 0.255. The Morgan fingerprint density at radius 3 is 2.87 bits per heavy atom. The molecule has 0 aromatic carbocycles. The molecule has 0 spiro atoms. The molecule has 10 nitrogen and oxygen atoms in total. The summed E-state index contributed by atoms with van der Waals surface area (Å²) in [6.45, 7) is 0.255. The Balaban J connectivity index is 1.72. The highest BCUT2D eigenvalue weighted by Gasteiger charge is 2.18. The Labute approximate surface area is 172 Å². The molecular formula is C19H17N7O3S. The molecule has 0 unspecified atom stereocenters. The highest BCUT2D eigenvalue weighted by atomic mass is 32.2. The van der Waals surface area contributed by atoms with Gasteiger partial charge in [0, 0.05) is 36.9 Å². The zero-order chi connectivity index (χ0) is 21.3. The van der Waals surface area contributed by atoms with Crippen molar-refractivity contribution in [2.24, 2.45) is 0 Å². The molecule has 2 N–H and O–H groups in total. The Hall–Kier alpha value is -3.91. The molecule has 4 aromatic heterocycles. The Kier molecular flexibility index (Phi) is 4.85. The van der Waals surface area contributed by atoms with Crippen LogP contribution in [0.4, 0.5) is 11.5 Å². The minimum Gasteiger partial charge on any atom is -0.379 e. The van der Waals surface area contributed by atoms with Crippen molar-refractivity contribution in [2.75, 3.05) is 22.9 Å². The van der Waals surface area contributed by atoms with Gasteiger partial charge in [-0.25, -0.2) is 18.4 Å². The van der Waals surface area contributed by atoms with Crippen LogP contribution < -0.4 is 9.62 Å². The molecule has 0 bridgehead atoms. The van der Waals surface area contributed by atoms with Crippen molar-refractivity contribution in [3.63, 3.8) is 0 Å². The lowest BCUT2D eigenvalue weighted by Gasteiger charge is -2.19. The maximum Gasteiger partial charge on any atom is 0.233 e. The number of H-pyrrole nitrogens is 1. The van der Waals surface area contributed by atoms with E-state index in [-0.39, 0.29) is 6.54 Å². The van der Waals surface area contributed by atoms with E-state index in [2.05, 4.69) is 31.5 Å². The summed E-state index contributed by atoms with van der Waals surface area (Å²) in [6, 6.07) is 7.50. The standard InChI is InChI=1S/C19H17N7O3S/c1-26(30(2,27)28)19-12(4-3-5-21-19)8-22-17-13(7-20)9-23-18-15(17)6-16(25-18)14-10-24-29-11-14/h3-6,9-11H,8H2,1-2H3,(H2,22,23,25). The second-order valence-corrected chi connectivity index (χ2v) is 8.60. The van der Waals surface area contributed by atoms with Gasteiger partial charge in [0.25, 0.3) is 0 Å². The summed E-state index contributed by atoms with van der Waals surface area (Å²) in [7, 11) is -2.02. The van der Waals surface area contributed by atoms with Crippen molar-refractivity contribution in [3.8, 4) is 17.3 Å². The average Bonchev–Trinajstić information content (AvgIpc) is 3.40. The fourth-order valence-electron chi connectivity index (χ4n) is 3.04. The second-order valence-electron chi connectivity index (χ2n) is 6.59. The van der Waals surface area contributed by atoms with Gasteiger partial charge in [0.05, 0.1) is 35.0 Å². The summed E-state index contributed by atoms with van der Waals surface area (Å²) in [5, 5.41) is 17.2. The molecule has 0 aliphatic heterocycles. The number of sulfonamides is 1. The molecular weight excluding hydrogens is 406 g/mol. The third kappa shape index (κ3) is 3.56. The number of anilines is 2. The summed E-state index contributed by atoms with van der Waals surface area (Å²) in [5.74, 6) is 0.315. The van der Waals surface area contributed by atoms with Gasteiger partial charge in [0.15, 0.2) is 0 Å². The van der Waals surface area contributed by atoms with Gasteiger partial charge in [-0.05, 0) is 12.1 Å². The molecule has 0 saturated heterocycles. The number of pyridine rings is 2. The lowest BCUT2D eigenvalue weighted by Crippen LogP contribution is -2.27. The van der Waals surface area contributed by atoms with Gasteiger partial charge in [-0.1, -0.05) is 11.2 Å². The molecule has 0 aliphatic carbocycles.